The van der Waals surface area contributed by atoms with E-state index in [2.05, 4.69) is 20.2 Å². The van der Waals surface area contributed by atoms with Gasteiger partial charge >= 0.3 is 0 Å². The second-order valence-electron chi connectivity index (χ2n) is 4.76. The first-order valence-electron chi connectivity index (χ1n) is 6.45. The van der Waals surface area contributed by atoms with Gasteiger partial charge in [0, 0.05) is 29.1 Å². The van der Waals surface area contributed by atoms with E-state index in [4.69, 9.17) is 0 Å². The highest BCUT2D eigenvalue weighted by molar-refractivity contribution is 7.14. The predicted molar refractivity (Wildman–Crippen MR) is 86.5 cm³/mol. The van der Waals surface area contributed by atoms with Gasteiger partial charge in [0.1, 0.15) is 10.8 Å². The van der Waals surface area contributed by atoms with Gasteiger partial charge in [0.25, 0.3) is 0 Å². The van der Waals surface area contributed by atoms with E-state index < -0.39 is 0 Å². The van der Waals surface area contributed by atoms with Gasteiger partial charge in [-0.05, 0) is 31.2 Å². The molecular weight excluding hydrogens is 305 g/mol. The summed E-state index contributed by atoms with van der Waals surface area (Å²) in [6.07, 6.45) is 0. The standard InChI is InChI=1S/C15H14FN3S2/c1-10-8-20-14(17-10)7-19(2)15-18-13(9-21-15)11-3-5-12(16)6-4-11/h3-6,8-9H,7H2,1-2H3. The van der Waals surface area contributed by atoms with Crippen LogP contribution in [0.5, 0.6) is 0 Å². The molecule has 1 aromatic carbocycles. The highest BCUT2D eigenvalue weighted by Crippen LogP contribution is 2.28. The van der Waals surface area contributed by atoms with E-state index >= 15 is 0 Å². The number of benzene rings is 1. The third-order valence-corrected chi connectivity index (χ3v) is 4.90. The van der Waals surface area contributed by atoms with Crippen LogP contribution in [0, 0.1) is 12.7 Å². The normalized spacial score (nSPS) is 10.8. The van der Waals surface area contributed by atoms with Crippen molar-refractivity contribution >= 4 is 27.8 Å². The number of hydrogen-bond acceptors (Lipinski definition) is 5. The molecule has 0 unspecified atom stereocenters. The molecule has 0 saturated heterocycles. The maximum Gasteiger partial charge on any atom is 0.185 e. The number of rotatable bonds is 4. The van der Waals surface area contributed by atoms with Crippen molar-refractivity contribution in [2.24, 2.45) is 0 Å². The number of halogens is 1. The molecule has 2 aromatic heterocycles. The number of thiazole rings is 2. The van der Waals surface area contributed by atoms with Crippen LogP contribution in [-0.2, 0) is 6.54 Å². The minimum Gasteiger partial charge on any atom is -0.344 e. The van der Waals surface area contributed by atoms with Gasteiger partial charge in [0.2, 0.25) is 0 Å². The van der Waals surface area contributed by atoms with E-state index in [-0.39, 0.29) is 5.82 Å². The quantitative estimate of drug-likeness (QED) is 0.716. The SMILES string of the molecule is Cc1csc(CN(C)c2nc(-c3ccc(F)cc3)cs2)n1. The predicted octanol–water partition coefficient (Wildman–Crippen LogP) is 4.35. The summed E-state index contributed by atoms with van der Waals surface area (Å²) in [7, 11) is 2.00. The Kier molecular flexibility index (Phi) is 3.98. The van der Waals surface area contributed by atoms with Crippen molar-refractivity contribution in [2.45, 2.75) is 13.5 Å². The minimum absolute atomic E-state index is 0.231. The van der Waals surface area contributed by atoms with E-state index in [0.29, 0.717) is 0 Å². The molecule has 0 aliphatic rings. The third-order valence-electron chi connectivity index (χ3n) is 3.00. The highest BCUT2D eigenvalue weighted by Gasteiger charge is 2.10. The molecule has 0 spiro atoms. The summed E-state index contributed by atoms with van der Waals surface area (Å²) in [5, 5.41) is 6.05. The Labute approximate surface area is 130 Å². The molecule has 6 heteroatoms. The van der Waals surface area contributed by atoms with Crippen LogP contribution in [0.3, 0.4) is 0 Å². The number of aromatic nitrogens is 2. The van der Waals surface area contributed by atoms with Gasteiger partial charge in [0.05, 0.1) is 12.2 Å². The second-order valence-corrected chi connectivity index (χ2v) is 6.54. The van der Waals surface area contributed by atoms with E-state index in [1.165, 1.54) is 12.1 Å². The van der Waals surface area contributed by atoms with Gasteiger partial charge in [-0.15, -0.1) is 22.7 Å². The van der Waals surface area contributed by atoms with Gasteiger partial charge in [-0.25, -0.2) is 14.4 Å². The van der Waals surface area contributed by atoms with Gasteiger partial charge in [-0.1, -0.05) is 0 Å². The number of nitrogens with zero attached hydrogens (tertiary/aromatic N) is 3. The summed E-state index contributed by atoms with van der Waals surface area (Å²) in [4.78, 5) is 11.2. The third kappa shape index (κ3) is 3.28. The summed E-state index contributed by atoms with van der Waals surface area (Å²) in [5.41, 5.74) is 2.85. The molecule has 0 saturated carbocycles. The fourth-order valence-corrected chi connectivity index (χ4v) is 3.56. The molecular formula is C15H14FN3S2. The minimum atomic E-state index is -0.231. The zero-order valence-corrected chi connectivity index (χ0v) is 13.3. The van der Waals surface area contributed by atoms with Crippen molar-refractivity contribution in [1.82, 2.24) is 9.97 Å². The lowest BCUT2D eigenvalue weighted by molar-refractivity contribution is 0.628. The zero-order valence-electron chi connectivity index (χ0n) is 11.7. The average molecular weight is 319 g/mol. The first-order chi connectivity index (χ1) is 10.1. The molecule has 0 atom stereocenters. The molecule has 3 aromatic rings. The topological polar surface area (TPSA) is 29.0 Å². The van der Waals surface area contributed by atoms with Crippen molar-refractivity contribution in [2.75, 3.05) is 11.9 Å². The van der Waals surface area contributed by atoms with Crippen LogP contribution < -0.4 is 4.90 Å². The Balaban J connectivity index is 1.76. The largest absolute Gasteiger partial charge is 0.344 e. The first kappa shape index (κ1) is 14.2. The average Bonchev–Trinajstić information content (AvgIpc) is 3.09. The van der Waals surface area contributed by atoms with Crippen LogP contribution in [0.25, 0.3) is 11.3 Å². The summed E-state index contributed by atoms with van der Waals surface area (Å²) in [5.74, 6) is -0.231. The number of anilines is 1. The van der Waals surface area contributed by atoms with Crippen LogP contribution in [0.4, 0.5) is 9.52 Å². The molecule has 3 rings (SSSR count). The molecule has 0 radical (unpaired) electrons. The van der Waals surface area contributed by atoms with Crippen molar-refractivity contribution < 1.29 is 4.39 Å². The maximum absolute atomic E-state index is 12.9. The van der Waals surface area contributed by atoms with E-state index in [9.17, 15) is 4.39 Å². The summed E-state index contributed by atoms with van der Waals surface area (Å²) >= 11 is 3.24. The smallest absolute Gasteiger partial charge is 0.185 e. The molecule has 2 heterocycles. The lowest BCUT2D eigenvalue weighted by atomic mass is 10.2. The summed E-state index contributed by atoms with van der Waals surface area (Å²) in [6, 6.07) is 6.41. The fraction of sp³-hybridized carbons (Fsp3) is 0.200. The Morgan fingerprint density at radius 3 is 2.52 bits per heavy atom. The monoisotopic (exact) mass is 319 g/mol. The van der Waals surface area contributed by atoms with Gasteiger partial charge in [-0.2, -0.15) is 0 Å². The Morgan fingerprint density at radius 2 is 1.86 bits per heavy atom. The van der Waals surface area contributed by atoms with Gasteiger partial charge < -0.3 is 4.90 Å². The van der Waals surface area contributed by atoms with Gasteiger partial charge in [-0.3, -0.25) is 0 Å². The van der Waals surface area contributed by atoms with E-state index in [0.717, 1.165) is 33.6 Å². The Morgan fingerprint density at radius 1 is 1.10 bits per heavy atom. The van der Waals surface area contributed by atoms with Crippen LogP contribution in [0.15, 0.2) is 35.0 Å². The molecule has 0 fully saturated rings. The lowest BCUT2D eigenvalue weighted by Gasteiger charge is -2.13. The zero-order chi connectivity index (χ0) is 14.8. The highest BCUT2D eigenvalue weighted by atomic mass is 32.1. The van der Waals surface area contributed by atoms with Crippen LogP contribution >= 0.6 is 22.7 Å². The Hall–Kier alpha value is -1.79. The van der Waals surface area contributed by atoms with Crippen LogP contribution in [-0.4, -0.2) is 17.0 Å². The van der Waals surface area contributed by atoms with E-state index in [1.54, 1.807) is 34.8 Å². The van der Waals surface area contributed by atoms with Crippen LogP contribution in [0.1, 0.15) is 10.7 Å². The Bertz CT molecular complexity index is 733. The summed E-state index contributed by atoms with van der Waals surface area (Å²) < 4.78 is 12.9. The maximum atomic E-state index is 12.9. The molecule has 108 valence electrons. The van der Waals surface area contributed by atoms with Crippen molar-refractivity contribution in [3.05, 3.63) is 51.5 Å². The van der Waals surface area contributed by atoms with Crippen molar-refractivity contribution in [1.29, 1.82) is 0 Å². The van der Waals surface area contributed by atoms with Crippen LogP contribution in [0.2, 0.25) is 0 Å². The molecule has 0 aliphatic heterocycles. The van der Waals surface area contributed by atoms with Gasteiger partial charge in [0.15, 0.2) is 5.13 Å². The second kappa shape index (κ2) is 5.91. The number of aryl methyl sites for hydroxylation is 1. The molecule has 0 N–H and O–H groups in total. The number of hydrogen-bond donors (Lipinski definition) is 0. The first-order valence-corrected chi connectivity index (χ1v) is 8.21. The molecule has 0 aliphatic carbocycles. The van der Waals surface area contributed by atoms with Crippen molar-refractivity contribution in [3.8, 4) is 11.3 Å². The molecule has 3 nitrogen and oxygen atoms in total. The fourth-order valence-electron chi connectivity index (χ4n) is 1.94. The lowest BCUT2D eigenvalue weighted by Crippen LogP contribution is -2.15. The molecule has 0 amide bonds. The summed E-state index contributed by atoms with van der Waals surface area (Å²) in [6.45, 7) is 2.74. The molecule has 21 heavy (non-hydrogen) atoms. The van der Waals surface area contributed by atoms with E-state index in [1.807, 2.05) is 19.4 Å². The van der Waals surface area contributed by atoms with Crippen molar-refractivity contribution in [3.63, 3.8) is 0 Å². The molecule has 0 bridgehead atoms.